The smallest absolute Gasteiger partial charge is 0.241 e. The van der Waals surface area contributed by atoms with Gasteiger partial charge in [-0.3, -0.25) is 4.79 Å². The molecular formula is C20H24N2O2. The number of nitrogens with two attached hydrogens (primary N) is 1. The van der Waals surface area contributed by atoms with Gasteiger partial charge in [-0.15, -0.1) is 0 Å². The Morgan fingerprint density at radius 1 is 1.12 bits per heavy atom. The second-order valence-corrected chi connectivity index (χ2v) is 6.24. The molecule has 4 heteroatoms. The lowest BCUT2D eigenvalue weighted by Crippen LogP contribution is -2.39. The van der Waals surface area contributed by atoms with Gasteiger partial charge in [0.2, 0.25) is 5.91 Å². The maximum absolute atomic E-state index is 12.4. The van der Waals surface area contributed by atoms with Gasteiger partial charge in [0.25, 0.3) is 0 Å². The van der Waals surface area contributed by atoms with Crippen LogP contribution in [0.15, 0.2) is 60.7 Å². The summed E-state index contributed by atoms with van der Waals surface area (Å²) in [5, 5.41) is 3.01. The Morgan fingerprint density at radius 2 is 1.79 bits per heavy atom. The number of hydrogen-bond acceptors (Lipinski definition) is 3. The van der Waals surface area contributed by atoms with Gasteiger partial charge < -0.3 is 15.8 Å². The molecule has 3 N–H and O–H groups in total. The fourth-order valence-corrected chi connectivity index (χ4v) is 3.22. The Morgan fingerprint density at radius 3 is 2.50 bits per heavy atom. The molecule has 24 heavy (non-hydrogen) atoms. The van der Waals surface area contributed by atoms with Crippen molar-refractivity contribution in [3.63, 3.8) is 0 Å². The zero-order valence-electron chi connectivity index (χ0n) is 13.7. The quantitative estimate of drug-likeness (QED) is 0.889. The number of carbonyl (C=O) groups is 1. The molecule has 1 aliphatic heterocycles. The van der Waals surface area contributed by atoms with Gasteiger partial charge in [0, 0.05) is 19.1 Å². The highest BCUT2D eigenvalue weighted by atomic mass is 16.5. The molecule has 3 unspecified atom stereocenters. The molecule has 0 aliphatic carbocycles. The third-order valence-corrected chi connectivity index (χ3v) is 4.55. The second kappa shape index (κ2) is 8.08. The van der Waals surface area contributed by atoms with Gasteiger partial charge >= 0.3 is 0 Å². The maximum atomic E-state index is 12.4. The van der Waals surface area contributed by atoms with Gasteiger partial charge in [-0.25, -0.2) is 0 Å². The van der Waals surface area contributed by atoms with E-state index < -0.39 is 6.04 Å². The minimum absolute atomic E-state index is 0.0354. The first-order valence-corrected chi connectivity index (χ1v) is 8.50. The van der Waals surface area contributed by atoms with Crippen molar-refractivity contribution in [1.82, 2.24) is 5.32 Å². The molecule has 0 spiro atoms. The SMILES string of the molecule is NC(C(=O)NCC1CCCOC1c1ccccc1)c1ccccc1. The number of benzene rings is 2. The van der Waals surface area contributed by atoms with E-state index in [0.29, 0.717) is 6.54 Å². The van der Waals surface area contributed by atoms with Gasteiger partial charge in [0.05, 0.1) is 6.10 Å². The van der Waals surface area contributed by atoms with E-state index >= 15 is 0 Å². The van der Waals surface area contributed by atoms with Crippen molar-refractivity contribution in [2.45, 2.75) is 25.0 Å². The van der Waals surface area contributed by atoms with Crippen molar-refractivity contribution >= 4 is 5.91 Å². The standard InChI is InChI=1S/C20H24N2O2/c21-18(15-8-3-1-4-9-15)20(23)22-14-17-12-7-13-24-19(17)16-10-5-2-6-11-16/h1-6,8-11,17-19H,7,12-14,21H2,(H,22,23). The van der Waals surface area contributed by atoms with E-state index in [4.69, 9.17) is 10.5 Å². The van der Waals surface area contributed by atoms with E-state index in [-0.39, 0.29) is 17.9 Å². The van der Waals surface area contributed by atoms with Crippen molar-refractivity contribution in [2.75, 3.05) is 13.2 Å². The molecule has 4 nitrogen and oxygen atoms in total. The number of rotatable bonds is 5. The average Bonchev–Trinajstić information content (AvgIpc) is 2.67. The molecule has 3 rings (SSSR count). The van der Waals surface area contributed by atoms with Crippen LogP contribution in [0, 0.1) is 5.92 Å². The first-order chi connectivity index (χ1) is 11.8. The molecule has 1 amide bonds. The van der Waals surface area contributed by atoms with Crippen LogP contribution < -0.4 is 11.1 Å². The van der Waals surface area contributed by atoms with E-state index in [2.05, 4.69) is 17.4 Å². The Kier molecular flexibility index (Phi) is 5.62. The maximum Gasteiger partial charge on any atom is 0.241 e. The molecule has 0 radical (unpaired) electrons. The molecule has 0 bridgehead atoms. The first-order valence-electron chi connectivity index (χ1n) is 8.50. The fourth-order valence-electron chi connectivity index (χ4n) is 3.22. The van der Waals surface area contributed by atoms with Crippen LogP contribution in [0.25, 0.3) is 0 Å². The minimum Gasteiger partial charge on any atom is -0.373 e. The Balaban J connectivity index is 1.61. The third-order valence-electron chi connectivity index (χ3n) is 4.55. The molecule has 1 aliphatic rings. The summed E-state index contributed by atoms with van der Waals surface area (Å²) in [6, 6.07) is 19.0. The molecule has 0 saturated carbocycles. The molecule has 2 aromatic carbocycles. The van der Waals surface area contributed by atoms with Crippen molar-refractivity contribution in [2.24, 2.45) is 11.7 Å². The number of hydrogen-bond donors (Lipinski definition) is 2. The highest BCUT2D eigenvalue weighted by Gasteiger charge is 2.28. The van der Waals surface area contributed by atoms with Crippen LogP contribution in [0.1, 0.15) is 36.1 Å². The van der Waals surface area contributed by atoms with E-state index in [1.165, 1.54) is 5.56 Å². The molecule has 126 valence electrons. The van der Waals surface area contributed by atoms with Crippen LogP contribution in [0.5, 0.6) is 0 Å². The summed E-state index contributed by atoms with van der Waals surface area (Å²) < 4.78 is 5.97. The summed E-state index contributed by atoms with van der Waals surface area (Å²) in [5.74, 6) is 0.131. The molecule has 1 heterocycles. The average molecular weight is 324 g/mol. The van der Waals surface area contributed by atoms with Crippen LogP contribution in [0.4, 0.5) is 0 Å². The van der Waals surface area contributed by atoms with Crippen LogP contribution in [-0.2, 0) is 9.53 Å². The largest absolute Gasteiger partial charge is 0.373 e. The zero-order chi connectivity index (χ0) is 16.8. The minimum atomic E-state index is -0.633. The van der Waals surface area contributed by atoms with Gasteiger partial charge in [-0.1, -0.05) is 60.7 Å². The molecule has 1 fully saturated rings. The first kappa shape index (κ1) is 16.7. The predicted octanol–water partition coefficient (Wildman–Crippen LogP) is 2.97. The summed E-state index contributed by atoms with van der Waals surface area (Å²) in [4.78, 5) is 12.4. The lowest BCUT2D eigenvalue weighted by molar-refractivity contribution is -0.123. The molecule has 1 saturated heterocycles. The summed E-state index contributed by atoms with van der Waals surface area (Å²) in [6.45, 7) is 1.35. The predicted molar refractivity (Wildman–Crippen MR) is 94.2 cm³/mol. The summed E-state index contributed by atoms with van der Waals surface area (Å²) in [7, 11) is 0. The van der Waals surface area contributed by atoms with E-state index in [1.54, 1.807) is 0 Å². The molecule has 0 aromatic heterocycles. The van der Waals surface area contributed by atoms with Crippen LogP contribution in [-0.4, -0.2) is 19.1 Å². The number of carbonyl (C=O) groups excluding carboxylic acids is 1. The molecule has 3 atom stereocenters. The Labute approximate surface area is 143 Å². The van der Waals surface area contributed by atoms with Gasteiger partial charge in [0.15, 0.2) is 0 Å². The normalized spacial score (nSPS) is 21.9. The fraction of sp³-hybridized carbons (Fsp3) is 0.350. The van der Waals surface area contributed by atoms with E-state index in [0.717, 1.165) is 25.0 Å². The van der Waals surface area contributed by atoms with Crippen LogP contribution in [0.2, 0.25) is 0 Å². The van der Waals surface area contributed by atoms with E-state index in [1.807, 2.05) is 48.5 Å². The second-order valence-electron chi connectivity index (χ2n) is 6.24. The summed E-state index contributed by atoms with van der Waals surface area (Å²) in [6.07, 6.45) is 2.10. The van der Waals surface area contributed by atoms with Crippen molar-refractivity contribution in [3.8, 4) is 0 Å². The van der Waals surface area contributed by atoms with Crippen LogP contribution >= 0.6 is 0 Å². The highest BCUT2D eigenvalue weighted by Crippen LogP contribution is 2.33. The Hall–Kier alpha value is -2.17. The van der Waals surface area contributed by atoms with E-state index in [9.17, 15) is 4.79 Å². The lowest BCUT2D eigenvalue weighted by Gasteiger charge is -2.32. The molecule has 2 aromatic rings. The Bertz CT molecular complexity index is 645. The van der Waals surface area contributed by atoms with Crippen molar-refractivity contribution < 1.29 is 9.53 Å². The number of nitrogens with one attached hydrogen (secondary N) is 1. The monoisotopic (exact) mass is 324 g/mol. The van der Waals surface area contributed by atoms with Gasteiger partial charge in [0.1, 0.15) is 6.04 Å². The lowest BCUT2D eigenvalue weighted by atomic mass is 9.89. The highest BCUT2D eigenvalue weighted by molar-refractivity contribution is 5.82. The van der Waals surface area contributed by atoms with Crippen molar-refractivity contribution in [3.05, 3.63) is 71.8 Å². The summed E-state index contributed by atoms with van der Waals surface area (Å²) >= 11 is 0. The number of amides is 1. The molecular weight excluding hydrogens is 300 g/mol. The zero-order valence-corrected chi connectivity index (χ0v) is 13.7. The summed E-state index contributed by atoms with van der Waals surface area (Å²) in [5.41, 5.74) is 8.06. The number of ether oxygens (including phenoxy) is 1. The van der Waals surface area contributed by atoms with Crippen LogP contribution in [0.3, 0.4) is 0 Å². The van der Waals surface area contributed by atoms with Crippen molar-refractivity contribution in [1.29, 1.82) is 0 Å². The third kappa shape index (κ3) is 4.02. The van der Waals surface area contributed by atoms with Gasteiger partial charge in [-0.2, -0.15) is 0 Å². The topological polar surface area (TPSA) is 64.4 Å². The van der Waals surface area contributed by atoms with Gasteiger partial charge in [-0.05, 0) is 24.0 Å².